The Hall–Kier alpha value is -0.640. The van der Waals surface area contributed by atoms with Crippen LogP contribution in [0.1, 0.15) is 35.2 Å². The summed E-state index contributed by atoms with van der Waals surface area (Å²) in [4.78, 5) is 2.73. The van der Waals surface area contributed by atoms with Crippen LogP contribution in [-0.2, 0) is 6.54 Å². The number of hydrogen-bond acceptors (Lipinski definition) is 2. The molecule has 0 saturated heterocycles. The summed E-state index contributed by atoms with van der Waals surface area (Å²) in [6.45, 7) is 7.60. The fourth-order valence-corrected chi connectivity index (χ4v) is 3.77. The second kappa shape index (κ2) is 6.69. The summed E-state index contributed by atoms with van der Waals surface area (Å²) in [6, 6.07) is 13.3. The molecule has 102 valence electrons. The molecular weight excluding hydrogens is 318 g/mol. The first-order chi connectivity index (χ1) is 9.08. The molecule has 1 unspecified atom stereocenters. The highest BCUT2D eigenvalue weighted by Crippen LogP contribution is 2.28. The minimum atomic E-state index is 0.405. The van der Waals surface area contributed by atoms with Crippen molar-refractivity contribution in [3.63, 3.8) is 0 Å². The predicted molar refractivity (Wildman–Crippen MR) is 87.6 cm³/mol. The Labute approximate surface area is 128 Å². The third-order valence-electron chi connectivity index (χ3n) is 3.23. The molecule has 1 heterocycles. The van der Waals surface area contributed by atoms with Gasteiger partial charge in [-0.1, -0.05) is 44.2 Å². The number of aryl methyl sites for hydroxylation is 1. The van der Waals surface area contributed by atoms with E-state index in [4.69, 9.17) is 0 Å². The van der Waals surface area contributed by atoms with Gasteiger partial charge in [-0.15, -0.1) is 11.3 Å². The third kappa shape index (κ3) is 3.91. The lowest BCUT2D eigenvalue weighted by molar-refractivity contribution is 0.412. The van der Waals surface area contributed by atoms with Crippen LogP contribution >= 0.6 is 27.3 Å². The maximum Gasteiger partial charge on any atom is 0.0346 e. The normalized spacial score (nSPS) is 12.9. The monoisotopic (exact) mass is 337 g/mol. The predicted octanol–water partition coefficient (Wildman–Crippen LogP) is 5.31. The van der Waals surface area contributed by atoms with E-state index in [1.807, 2.05) is 11.3 Å². The van der Waals surface area contributed by atoms with Gasteiger partial charge in [0.15, 0.2) is 0 Å². The molecule has 0 bridgehead atoms. The van der Waals surface area contributed by atoms with Crippen molar-refractivity contribution >= 4 is 27.3 Å². The maximum atomic E-state index is 3.68. The van der Waals surface area contributed by atoms with Crippen molar-refractivity contribution in [1.29, 1.82) is 0 Å². The van der Waals surface area contributed by atoms with Crippen molar-refractivity contribution in [3.05, 3.63) is 56.2 Å². The second-order valence-electron chi connectivity index (χ2n) is 5.13. The van der Waals surface area contributed by atoms with Gasteiger partial charge >= 0.3 is 0 Å². The lowest BCUT2D eigenvalue weighted by Crippen LogP contribution is -2.24. The van der Waals surface area contributed by atoms with Gasteiger partial charge < -0.3 is 5.32 Å². The summed E-state index contributed by atoms with van der Waals surface area (Å²) < 4.78 is 1.22. The van der Waals surface area contributed by atoms with Gasteiger partial charge in [0.2, 0.25) is 0 Å². The molecule has 1 aromatic heterocycles. The summed E-state index contributed by atoms with van der Waals surface area (Å²) in [7, 11) is 0. The first-order valence-corrected chi connectivity index (χ1v) is 8.22. The van der Waals surface area contributed by atoms with Gasteiger partial charge in [-0.2, -0.15) is 0 Å². The zero-order chi connectivity index (χ0) is 13.8. The Kier molecular flexibility index (Phi) is 5.20. The lowest BCUT2D eigenvalue weighted by Gasteiger charge is -2.22. The van der Waals surface area contributed by atoms with Crippen molar-refractivity contribution in [1.82, 2.24) is 5.32 Å². The van der Waals surface area contributed by atoms with Gasteiger partial charge in [0.05, 0.1) is 0 Å². The average molecular weight is 338 g/mol. The van der Waals surface area contributed by atoms with Crippen molar-refractivity contribution in [2.45, 2.75) is 33.4 Å². The average Bonchev–Trinajstić information content (AvgIpc) is 2.70. The van der Waals surface area contributed by atoms with E-state index in [0.29, 0.717) is 12.0 Å². The van der Waals surface area contributed by atoms with E-state index in [2.05, 4.69) is 78.4 Å². The van der Waals surface area contributed by atoms with Crippen LogP contribution in [0.5, 0.6) is 0 Å². The zero-order valence-electron chi connectivity index (χ0n) is 11.6. The molecular formula is C16H20BrNS. The van der Waals surface area contributed by atoms with Crippen LogP contribution in [-0.4, -0.2) is 0 Å². The van der Waals surface area contributed by atoms with E-state index in [-0.39, 0.29) is 0 Å². The third-order valence-corrected chi connectivity index (χ3v) is 5.37. The number of thiophene rings is 1. The fraction of sp³-hybridized carbons (Fsp3) is 0.375. The van der Waals surface area contributed by atoms with Gasteiger partial charge in [-0.25, -0.2) is 0 Å². The quantitative estimate of drug-likeness (QED) is 0.779. The second-order valence-corrected chi connectivity index (χ2v) is 7.33. The molecule has 0 aliphatic rings. The largest absolute Gasteiger partial charge is 0.305 e. The smallest absolute Gasteiger partial charge is 0.0346 e. The zero-order valence-corrected chi connectivity index (χ0v) is 14.0. The van der Waals surface area contributed by atoms with Gasteiger partial charge in [0.25, 0.3) is 0 Å². The highest BCUT2D eigenvalue weighted by molar-refractivity contribution is 9.10. The Morgan fingerprint density at radius 3 is 2.42 bits per heavy atom. The van der Waals surface area contributed by atoms with Crippen LogP contribution in [0.3, 0.4) is 0 Å². The van der Waals surface area contributed by atoms with Gasteiger partial charge in [-0.3, -0.25) is 0 Å². The highest BCUT2D eigenvalue weighted by Gasteiger charge is 2.15. The van der Waals surface area contributed by atoms with Crippen molar-refractivity contribution < 1.29 is 0 Å². The van der Waals surface area contributed by atoms with Gasteiger partial charge in [-0.05, 0) is 40.4 Å². The minimum absolute atomic E-state index is 0.405. The molecule has 0 spiro atoms. The van der Waals surface area contributed by atoms with Gasteiger partial charge in [0, 0.05) is 26.8 Å². The number of rotatable bonds is 5. The molecule has 3 heteroatoms. The van der Waals surface area contributed by atoms with E-state index < -0.39 is 0 Å². The van der Waals surface area contributed by atoms with E-state index in [0.717, 1.165) is 6.54 Å². The van der Waals surface area contributed by atoms with Crippen LogP contribution in [0.2, 0.25) is 0 Å². The summed E-state index contributed by atoms with van der Waals surface area (Å²) in [5.41, 5.74) is 1.37. The van der Waals surface area contributed by atoms with Crippen molar-refractivity contribution in [2.75, 3.05) is 0 Å². The molecule has 0 amide bonds. The molecule has 19 heavy (non-hydrogen) atoms. The number of hydrogen-bond donors (Lipinski definition) is 1. The highest BCUT2D eigenvalue weighted by atomic mass is 79.9. The minimum Gasteiger partial charge on any atom is -0.305 e. The lowest BCUT2D eigenvalue weighted by atomic mass is 9.96. The number of benzene rings is 1. The van der Waals surface area contributed by atoms with E-state index >= 15 is 0 Å². The molecule has 1 atom stereocenters. The van der Waals surface area contributed by atoms with Crippen LogP contribution in [0.4, 0.5) is 0 Å². The maximum absolute atomic E-state index is 3.68. The summed E-state index contributed by atoms with van der Waals surface area (Å²) in [5.74, 6) is 0.576. The van der Waals surface area contributed by atoms with Crippen LogP contribution in [0.15, 0.2) is 40.9 Å². The molecule has 0 radical (unpaired) electrons. The Bertz CT molecular complexity index is 499. The molecule has 2 rings (SSSR count). The summed E-state index contributed by atoms with van der Waals surface area (Å²) in [5, 5.41) is 3.68. The molecule has 0 aliphatic carbocycles. The SMILES string of the molecule is Cc1sc(CNC(c2ccccc2)C(C)C)cc1Br. The molecule has 1 aromatic carbocycles. The van der Waals surface area contributed by atoms with Gasteiger partial charge in [0.1, 0.15) is 0 Å². The van der Waals surface area contributed by atoms with Crippen LogP contribution < -0.4 is 5.32 Å². The topological polar surface area (TPSA) is 12.0 Å². The van der Waals surface area contributed by atoms with E-state index in [1.54, 1.807) is 0 Å². The first-order valence-electron chi connectivity index (χ1n) is 6.61. The molecule has 0 fully saturated rings. The van der Waals surface area contributed by atoms with Crippen molar-refractivity contribution in [3.8, 4) is 0 Å². The Morgan fingerprint density at radius 2 is 1.89 bits per heavy atom. The Morgan fingerprint density at radius 1 is 1.21 bits per heavy atom. The Balaban J connectivity index is 2.06. The number of nitrogens with one attached hydrogen (secondary N) is 1. The standard InChI is InChI=1S/C16H20BrNS/c1-11(2)16(13-7-5-4-6-8-13)18-10-14-9-15(17)12(3)19-14/h4-9,11,16,18H,10H2,1-3H3. The molecule has 2 aromatic rings. The fourth-order valence-electron chi connectivity index (χ4n) is 2.21. The summed E-state index contributed by atoms with van der Waals surface area (Å²) >= 11 is 5.43. The van der Waals surface area contributed by atoms with E-state index in [1.165, 1.54) is 19.8 Å². The van der Waals surface area contributed by atoms with Crippen LogP contribution in [0, 0.1) is 12.8 Å². The molecule has 1 nitrogen and oxygen atoms in total. The molecule has 0 saturated carbocycles. The van der Waals surface area contributed by atoms with E-state index in [9.17, 15) is 0 Å². The first kappa shape index (κ1) is 14.8. The number of halogens is 1. The molecule has 1 N–H and O–H groups in total. The van der Waals surface area contributed by atoms with Crippen LogP contribution in [0.25, 0.3) is 0 Å². The summed E-state index contributed by atoms with van der Waals surface area (Å²) in [6.07, 6.45) is 0. The van der Waals surface area contributed by atoms with Crippen molar-refractivity contribution in [2.24, 2.45) is 5.92 Å². The molecule has 0 aliphatic heterocycles.